The highest BCUT2D eigenvalue weighted by Crippen LogP contribution is 2.31. The Morgan fingerprint density at radius 3 is 2.07 bits per heavy atom. The van der Waals surface area contributed by atoms with Crippen LogP contribution in [0.4, 0.5) is 0 Å². The summed E-state index contributed by atoms with van der Waals surface area (Å²) in [5.41, 5.74) is 2.59. The van der Waals surface area contributed by atoms with Crippen molar-refractivity contribution in [2.75, 3.05) is 40.4 Å². The van der Waals surface area contributed by atoms with Crippen LogP contribution in [0, 0.1) is 0 Å². The van der Waals surface area contributed by atoms with Crippen molar-refractivity contribution < 1.29 is 17.9 Å². The molecule has 0 amide bonds. The Labute approximate surface area is 174 Å². The van der Waals surface area contributed by atoms with Crippen LogP contribution in [0.25, 0.3) is 0 Å². The zero-order valence-electron chi connectivity index (χ0n) is 17.6. The van der Waals surface area contributed by atoms with Crippen molar-refractivity contribution in [2.45, 2.75) is 31.2 Å². The normalized spacial score (nSPS) is 16.2. The summed E-state index contributed by atoms with van der Waals surface area (Å²) in [6.07, 6.45) is 0. The molecule has 158 valence electrons. The second kappa shape index (κ2) is 9.15. The molecule has 6 nitrogen and oxygen atoms in total. The molecule has 3 rings (SSSR count). The van der Waals surface area contributed by atoms with Crippen molar-refractivity contribution in [2.24, 2.45) is 0 Å². The first-order valence-corrected chi connectivity index (χ1v) is 11.3. The van der Waals surface area contributed by atoms with Gasteiger partial charge in [-0.3, -0.25) is 4.90 Å². The van der Waals surface area contributed by atoms with E-state index >= 15 is 0 Å². The van der Waals surface area contributed by atoms with Gasteiger partial charge in [0.05, 0.1) is 19.1 Å². The first kappa shape index (κ1) is 21.6. The molecule has 0 unspecified atom stereocenters. The van der Waals surface area contributed by atoms with Crippen LogP contribution in [0.5, 0.6) is 11.5 Å². The van der Waals surface area contributed by atoms with Crippen LogP contribution in [0.3, 0.4) is 0 Å². The lowest BCUT2D eigenvalue weighted by Gasteiger charge is -2.34. The Morgan fingerprint density at radius 1 is 0.897 bits per heavy atom. The van der Waals surface area contributed by atoms with Crippen LogP contribution in [-0.4, -0.2) is 58.0 Å². The number of benzene rings is 2. The van der Waals surface area contributed by atoms with Crippen LogP contribution in [0.1, 0.15) is 30.9 Å². The van der Waals surface area contributed by atoms with Crippen LogP contribution in [0.2, 0.25) is 0 Å². The van der Waals surface area contributed by atoms with E-state index in [1.165, 1.54) is 31.4 Å². The quantitative estimate of drug-likeness (QED) is 0.690. The topological polar surface area (TPSA) is 59.1 Å². The Morgan fingerprint density at radius 2 is 1.52 bits per heavy atom. The minimum atomic E-state index is -3.56. The molecule has 7 heteroatoms. The van der Waals surface area contributed by atoms with E-state index < -0.39 is 10.0 Å². The van der Waals surface area contributed by atoms with E-state index in [1.807, 2.05) is 0 Å². The molecule has 1 saturated heterocycles. The van der Waals surface area contributed by atoms with Crippen molar-refractivity contribution in [1.29, 1.82) is 0 Å². The number of hydrogen-bond donors (Lipinski definition) is 0. The fourth-order valence-corrected chi connectivity index (χ4v) is 4.96. The van der Waals surface area contributed by atoms with Gasteiger partial charge < -0.3 is 9.47 Å². The lowest BCUT2D eigenvalue weighted by atomic mass is 10.0. The van der Waals surface area contributed by atoms with E-state index in [-0.39, 0.29) is 4.90 Å². The van der Waals surface area contributed by atoms with Crippen LogP contribution >= 0.6 is 0 Å². The highest BCUT2D eigenvalue weighted by Gasteiger charge is 2.29. The minimum absolute atomic E-state index is 0.230. The third-order valence-electron chi connectivity index (χ3n) is 5.38. The van der Waals surface area contributed by atoms with Crippen LogP contribution in [0.15, 0.2) is 47.4 Å². The van der Waals surface area contributed by atoms with Gasteiger partial charge in [0.25, 0.3) is 0 Å². The zero-order valence-corrected chi connectivity index (χ0v) is 18.4. The fraction of sp³-hybridized carbons (Fsp3) is 0.455. The summed E-state index contributed by atoms with van der Waals surface area (Å²) in [7, 11) is -0.530. The third kappa shape index (κ3) is 4.91. The number of piperazine rings is 1. The second-order valence-electron chi connectivity index (χ2n) is 7.59. The monoisotopic (exact) mass is 418 g/mol. The SMILES string of the molecule is COc1ccc(S(=O)(=O)N2CCN(Cc3ccc(C(C)C)cc3)CC2)cc1OC. The van der Waals surface area contributed by atoms with Gasteiger partial charge in [0.15, 0.2) is 11.5 Å². The molecule has 0 aliphatic carbocycles. The number of sulfonamides is 1. The van der Waals surface area contributed by atoms with Crippen molar-refractivity contribution in [3.05, 3.63) is 53.6 Å². The largest absolute Gasteiger partial charge is 0.493 e. The van der Waals surface area contributed by atoms with Gasteiger partial charge >= 0.3 is 0 Å². The molecule has 0 saturated carbocycles. The van der Waals surface area contributed by atoms with Crippen molar-refractivity contribution in [1.82, 2.24) is 9.21 Å². The van der Waals surface area contributed by atoms with Crippen molar-refractivity contribution in [3.8, 4) is 11.5 Å². The van der Waals surface area contributed by atoms with Gasteiger partial charge in [0.2, 0.25) is 10.0 Å². The molecule has 1 fully saturated rings. The predicted octanol–water partition coefficient (Wildman–Crippen LogP) is 3.33. The van der Waals surface area contributed by atoms with Gasteiger partial charge in [-0.1, -0.05) is 38.1 Å². The molecule has 0 bridgehead atoms. The highest BCUT2D eigenvalue weighted by atomic mass is 32.2. The maximum Gasteiger partial charge on any atom is 0.243 e. The van der Waals surface area contributed by atoms with Gasteiger partial charge in [-0.25, -0.2) is 8.42 Å². The molecular weight excluding hydrogens is 388 g/mol. The summed E-state index contributed by atoms with van der Waals surface area (Å²) in [5, 5.41) is 0. The van der Waals surface area contributed by atoms with E-state index in [1.54, 1.807) is 16.4 Å². The van der Waals surface area contributed by atoms with Gasteiger partial charge in [0.1, 0.15) is 0 Å². The third-order valence-corrected chi connectivity index (χ3v) is 7.27. The van der Waals surface area contributed by atoms with Gasteiger partial charge in [-0.2, -0.15) is 4.31 Å². The number of rotatable bonds is 7. The smallest absolute Gasteiger partial charge is 0.243 e. The lowest BCUT2D eigenvalue weighted by Crippen LogP contribution is -2.48. The summed E-state index contributed by atoms with van der Waals surface area (Å²) in [6.45, 7) is 7.57. The first-order valence-electron chi connectivity index (χ1n) is 9.88. The Bertz CT molecular complexity index is 918. The molecule has 0 spiro atoms. The van der Waals surface area contributed by atoms with E-state index in [0.717, 1.165) is 6.54 Å². The molecule has 0 aromatic heterocycles. The van der Waals surface area contributed by atoms with Gasteiger partial charge in [-0.05, 0) is 29.2 Å². The number of hydrogen-bond acceptors (Lipinski definition) is 5. The maximum absolute atomic E-state index is 13.0. The molecule has 1 heterocycles. The van der Waals surface area contributed by atoms with Crippen LogP contribution in [-0.2, 0) is 16.6 Å². The van der Waals surface area contributed by atoms with Crippen molar-refractivity contribution >= 4 is 10.0 Å². The second-order valence-corrected chi connectivity index (χ2v) is 9.53. The van der Waals surface area contributed by atoms with Crippen LogP contribution < -0.4 is 9.47 Å². The Kier molecular flexibility index (Phi) is 6.82. The molecule has 1 aliphatic rings. The summed E-state index contributed by atoms with van der Waals surface area (Å²) in [4.78, 5) is 2.53. The molecule has 1 aliphatic heterocycles. The number of methoxy groups -OCH3 is 2. The van der Waals surface area contributed by atoms with E-state index in [9.17, 15) is 8.42 Å². The Balaban J connectivity index is 1.63. The standard InChI is InChI=1S/C22H30N2O4S/c1-17(2)19-7-5-18(6-8-19)16-23-11-13-24(14-12-23)29(25,26)20-9-10-21(27-3)22(15-20)28-4/h5-10,15,17H,11-14,16H2,1-4H3. The first-order chi connectivity index (χ1) is 13.8. The number of ether oxygens (including phenoxy) is 2. The predicted molar refractivity (Wildman–Crippen MR) is 114 cm³/mol. The van der Waals surface area contributed by atoms with Crippen molar-refractivity contribution in [3.63, 3.8) is 0 Å². The number of nitrogens with zero attached hydrogens (tertiary/aromatic N) is 2. The van der Waals surface area contributed by atoms with Gasteiger partial charge in [-0.15, -0.1) is 0 Å². The fourth-order valence-electron chi connectivity index (χ4n) is 3.52. The molecule has 2 aromatic carbocycles. The molecule has 0 radical (unpaired) electrons. The van der Waals surface area contributed by atoms with Gasteiger partial charge in [0, 0.05) is 38.8 Å². The molecule has 0 N–H and O–H groups in total. The summed E-state index contributed by atoms with van der Waals surface area (Å²) in [6, 6.07) is 13.4. The summed E-state index contributed by atoms with van der Waals surface area (Å²) < 4.78 is 38.1. The average Bonchev–Trinajstić information content (AvgIpc) is 2.74. The molecule has 29 heavy (non-hydrogen) atoms. The highest BCUT2D eigenvalue weighted by molar-refractivity contribution is 7.89. The maximum atomic E-state index is 13.0. The molecular formula is C22H30N2O4S. The van der Waals surface area contributed by atoms with E-state index in [4.69, 9.17) is 9.47 Å². The zero-order chi connectivity index (χ0) is 21.0. The summed E-state index contributed by atoms with van der Waals surface area (Å²) >= 11 is 0. The molecule has 2 aromatic rings. The van der Waals surface area contributed by atoms with E-state index in [0.29, 0.717) is 43.6 Å². The summed E-state index contributed by atoms with van der Waals surface area (Å²) in [5.74, 6) is 1.45. The Hall–Kier alpha value is -2.09. The lowest BCUT2D eigenvalue weighted by molar-refractivity contribution is 0.181. The van der Waals surface area contributed by atoms with E-state index in [2.05, 4.69) is 43.0 Å². The molecule has 0 atom stereocenters. The minimum Gasteiger partial charge on any atom is -0.493 e. The average molecular weight is 419 g/mol.